The number of furan rings is 1. The van der Waals surface area contributed by atoms with Crippen LogP contribution in [0.4, 0.5) is 11.4 Å². The van der Waals surface area contributed by atoms with Crippen LogP contribution in [0.25, 0.3) is 0 Å². The largest absolute Gasteiger partial charge is 0.452 e. The normalized spacial score (nSPS) is 13.7. The molecular weight excluding hydrogens is 252 g/mol. The number of rotatable bonds is 1. The third-order valence-corrected chi connectivity index (χ3v) is 3.45. The van der Waals surface area contributed by atoms with Crippen molar-refractivity contribution in [3.63, 3.8) is 0 Å². The van der Waals surface area contributed by atoms with E-state index in [4.69, 9.17) is 21.8 Å². The maximum Gasteiger partial charge on any atom is 0.263 e. The molecule has 0 atom stereocenters. The van der Waals surface area contributed by atoms with Crippen molar-refractivity contribution in [3.8, 4) is 0 Å². The van der Waals surface area contributed by atoms with E-state index in [1.165, 1.54) is 6.26 Å². The zero-order chi connectivity index (χ0) is 12.7. The minimum atomic E-state index is -0.155. The summed E-state index contributed by atoms with van der Waals surface area (Å²) in [6, 6.07) is 7.16. The number of carbonyl (C=O) groups excluding carboxylic acids is 1. The zero-order valence-electron chi connectivity index (χ0n) is 9.52. The molecule has 0 saturated carbocycles. The van der Waals surface area contributed by atoms with Crippen LogP contribution in [-0.4, -0.2) is 12.5 Å². The Morgan fingerprint density at radius 2 is 2.22 bits per heavy atom. The first kappa shape index (κ1) is 11.2. The SMILES string of the molecule is Nc1cccc2c1CCN2C(=O)c1ccoc1Cl. The van der Waals surface area contributed by atoms with Crippen LogP contribution in [0.1, 0.15) is 15.9 Å². The molecule has 2 N–H and O–H groups in total. The van der Waals surface area contributed by atoms with E-state index < -0.39 is 0 Å². The van der Waals surface area contributed by atoms with Crippen molar-refractivity contribution in [2.24, 2.45) is 0 Å². The molecule has 2 aromatic rings. The van der Waals surface area contributed by atoms with E-state index in [0.717, 1.165) is 23.4 Å². The number of hydrogen-bond acceptors (Lipinski definition) is 3. The number of amides is 1. The lowest BCUT2D eigenvalue weighted by molar-refractivity contribution is 0.0989. The Kier molecular flexibility index (Phi) is 2.52. The highest BCUT2D eigenvalue weighted by atomic mass is 35.5. The summed E-state index contributed by atoms with van der Waals surface area (Å²) in [6.07, 6.45) is 2.18. The summed E-state index contributed by atoms with van der Waals surface area (Å²) in [5.74, 6) is -0.155. The highest BCUT2D eigenvalue weighted by molar-refractivity contribution is 6.33. The number of nitrogens with two attached hydrogens (primary N) is 1. The predicted molar refractivity (Wildman–Crippen MR) is 70.0 cm³/mol. The average molecular weight is 263 g/mol. The molecule has 0 fully saturated rings. The number of benzene rings is 1. The molecule has 0 bridgehead atoms. The van der Waals surface area contributed by atoms with Crippen LogP contribution >= 0.6 is 11.6 Å². The molecule has 1 aromatic carbocycles. The summed E-state index contributed by atoms with van der Waals surface area (Å²) in [7, 11) is 0. The first-order valence-electron chi connectivity index (χ1n) is 5.60. The minimum Gasteiger partial charge on any atom is -0.452 e. The molecule has 1 amide bonds. The van der Waals surface area contributed by atoms with Crippen LogP contribution in [0.15, 0.2) is 34.9 Å². The predicted octanol–water partition coefficient (Wildman–Crippen LogP) is 2.72. The number of nitrogens with zero attached hydrogens (tertiary/aromatic N) is 1. The first-order chi connectivity index (χ1) is 8.68. The standard InChI is InChI=1S/C13H11ClN2O2/c14-12-9(5-7-18-12)13(17)16-6-4-8-10(15)2-1-3-11(8)16/h1-3,5,7H,4,6,15H2. The second-order valence-corrected chi connectivity index (χ2v) is 4.50. The summed E-state index contributed by atoms with van der Waals surface area (Å²) < 4.78 is 4.95. The minimum absolute atomic E-state index is 0.123. The fourth-order valence-electron chi connectivity index (χ4n) is 2.26. The molecule has 0 spiro atoms. The lowest BCUT2D eigenvalue weighted by Crippen LogP contribution is -2.28. The van der Waals surface area contributed by atoms with Gasteiger partial charge in [0.25, 0.3) is 5.91 Å². The lowest BCUT2D eigenvalue weighted by Gasteiger charge is -2.16. The van der Waals surface area contributed by atoms with E-state index >= 15 is 0 Å². The van der Waals surface area contributed by atoms with E-state index in [-0.39, 0.29) is 11.1 Å². The van der Waals surface area contributed by atoms with E-state index in [9.17, 15) is 4.79 Å². The van der Waals surface area contributed by atoms with Crippen LogP contribution in [0, 0.1) is 0 Å². The summed E-state index contributed by atoms with van der Waals surface area (Å²) in [4.78, 5) is 14.0. The maximum absolute atomic E-state index is 12.3. The van der Waals surface area contributed by atoms with Crippen molar-refractivity contribution in [3.05, 3.63) is 46.9 Å². The fourth-order valence-corrected chi connectivity index (χ4v) is 2.46. The molecule has 0 saturated heterocycles. The number of nitrogen functional groups attached to an aromatic ring is 1. The Balaban J connectivity index is 2.00. The molecule has 92 valence electrons. The summed E-state index contributed by atoms with van der Waals surface area (Å²) in [6.45, 7) is 0.615. The third-order valence-electron chi connectivity index (χ3n) is 3.16. The van der Waals surface area contributed by atoms with Crippen molar-refractivity contribution < 1.29 is 9.21 Å². The van der Waals surface area contributed by atoms with Crippen LogP contribution in [0.2, 0.25) is 5.22 Å². The molecule has 1 aliphatic heterocycles. The van der Waals surface area contributed by atoms with Gasteiger partial charge in [0.2, 0.25) is 5.22 Å². The van der Waals surface area contributed by atoms with Crippen molar-refractivity contribution in [1.82, 2.24) is 0 Å². The van der Waals surface area contributed by atoms with Gasteiger partial charge >= 0.3 is 0 Å². The Morgan fingerprint density at radius 3 is 2.94 bits per heavy atom. The van der Waals surface area contributed by atoms with Gasteiger partial charge in [0.05, 0.1) is 11.8 Å². The second kappa shape index (κ2) is 4.07. The van der Waals surface area contributed by atoms with Gasteiger partial charge in [0, 0.05) is 23.5 Å². The van der Waals surface area contributed by atoms with Gasteiger partial charge in [-0.05, 0) is 36.2 Å². The molecule has 3 rings (SSSR count). The monoisotopic (exact) mass is 262 g/mol. The first-order valence-corrected chi connectivity index (χ1v) is 5.98. The van der Waals surface area contributed by atoms with Gasteiger partial charge in [0.15, 0.2) is 0 Å². The van der Waals surface area contributed by atoms with Gasteiger partial charge in [-0.25, -0.2) is 0 Å². The Labute approximate surface area is 109 Å². The second-order valence-electron chi connectivity index (χ2n) is 4.16. The van der Waals surface area contributed by atoms with Crippen molar-refractivity contribution in [1.29, 1.82) is 0 Å². The van der Waals surface area contributed by atoms with Crippen molar-refractivity contribution in [2.45, 2.75) is 6.42 Å². The fraction of sp³-hybridized carbons (Fsp3) is 0.154. The van der Waals surface area contributed by atoms with Gasteiger partial charge < -0.3 is 15.1 Å². The number of carbonyl (C=O) groups is 1. The highest BCUT2D eigenvalue weighted by Crippen LogP contribution is 2.34. The molecule has 18 heavy (non-hydrogen) atoms. The quantitative estimate of drug-likeness (QED) is 0.804. The number of hydrogen-bond donors (Lipinski definition) is 1. The van der Waals surface area contributed by atoms with Gasteiger partial charge in [-0.1, -0.05) is 6.07 Å². The van der Waals surface area contributed by atoms with E-state index in [2.05, 4.69) is 0 Å². The number of anilines is 2. The molecule has 5 heteroatoms. The van der Waals surface area contributed by atoms with Crippen LogP contribution in [-0.2, 0) is 6.42 Å². The molecular formula is C13H11ClN2O2. The van der Waals surface area contributed by atoms with Crippen LogP contribution in [0.5, 0.6) is 0 Å². The molecule has 4 nitrogen and oxygen atoms in total. The number of halogens is 1. The van der Waals surface area contributed by atoms with Gasteiger partial charge in [0.1, 0.15) is 0 Å². The highest BCUT2D eigenvalue weighted by Gasteiger charge is 2.28. The Bertz CT molecular complexity index is 621. The van der Waals surface area contributed by atoms with E-state index in [1.807, 2.05) is 18.2 Å². The van der Waals surface area contributed by atoms with Gasteiger partial charge in [-0.2, -0.15) is 0 Å². The molecule has 2 heterocycles. The topological polar surface area (TPSA) is 59.5 Å². The van der Waals surface area contributed by atoms with Crippen molar-refractivity contribution in [2.75, 3.05) is 17.2 Å². The molecule has 0 aliphatic carbocycles. The third kappa shape index (κ3) is 1.57. The average Bonchev–Trinajstić information content (AvgIpc) is 2.95. The summed E-state index contributed by atoms with van der Waals surface area (Å²) in [5, 5.41) is 0.123. The molecule has 1 aromatic heterocycles. The summed E-state index contributed by atoms with van der Waals surface area (Å²) in [5.41, 5.74) is 8.88. The number of fused-ring (bicyclic) bond motifs is 1. The Hall–Kier alpha value is -1.94. The van der Waals surface area contributed by atoms with Crippen LogP contribution < -0.4 is 10.6 Å². The zero-order valence-corrected chi connectivity index (χ0v) is 10.3. The van der Waals surface area contributed by atoms with Gasteiger partial charge in [-0.15, -0.1) is 0 Å². The summed E-state index contributed by atoms with van der Waals surface area (Å²) >= 11 is 5.83. The van der Waals surface area contributed by atoms with E-state index in [0.29, 0.717) is 12.1 Å². The molecule has 0 radical (unpaired) electrons. The lowest BCUT2D eigenvalue weighted by atomic mass is 10.1. The maximum atomic E-state index is 12.3. The van der Waals surface area contributed by atoms with Gasteiger partial charge in [-0.3, -0.25) is 4.79 Å². The van der Waals surface area contributed by atoms with Crippen molar-refractivity contribution >= 4 is 28.9 Å². The smallest absolute Gasteiger partial charge is 0.263 e. The molecule has 1 aliphatic rings. The van der Waals surface area contributed by atoms with Crippen LogP contribution in [0.3, 0.4) is 0 Å². The molecule has 0 unspecified atom stereocenters. The van der Waals surface area contributed by atoms with E-state index in [1.54, 1.807) is 11.0 Å². The Morgan fingerprint density at radius 1 is 1.39 bits per heavy atom.